The van der Waals surface area contributed by atoms with Gasteiger partial charge in [-0.25, -0.2) is 9.18 Å². The van der Waals surface area contributed by atoms with Crippen molar-refractivity contribution in [1.29, 1.82) is 0 Å². The summed E-state index contributed by atoms with van der Waals surface area (Å²) in [6.45, 7) is 2.04. The lowest BCUT2D eigenvalue weighted by molar-refractivity contribution is 0.0696. The molecule has 2 aromatic carbocycles. The summed E-state index contributed by atoms with van der Waals surface area (Å²) in [4.78, 5) is 10.9. The van der Waals surface area contributed by atoms with E-state index in [0.29, 0.717) is 11.5 Å². The van der Waals surface area contributed by atoms with Crippen LogP contribution in [-0.4, -0.2) is 18.2 Å². The summed E-state index contributed by atoms with van der Waals surface area (Å²) < 4.78 is 23.8. The van der Waals surface area contributed by atoms with E-state index in [1.54, 1.807) is 19.1 Å². The molecule has 0 saturated carbocycles. The predicted molar refractivity (Wildman–Crippen MR) is 75.4 cm³/mol. The SMILES string of the molecule is COc1cc(C(=O)O)ccc1OCc1ccc(F)cc1C. The number of hydrogen-bond donors (Lipinski definition) is 1. The number of aryl methyl sites for hydroxylation is 1. The predicted octanol–water partition coefficient (Wildman–Crippen LogP) is 3.42. The topological polar surface area (TPSA) is 55.8 Å². The van der Waals surface area contributed by atoms with Crippen LogP contribution in [0.1, 0.15) is 21.5 Å². The summed E-state index contributed by atoms with van der Waals surface area (Å²) in [5, 5.41) is 8.93. The largest absolute Gasteiger partial charge is 0.493 e. The van der Waals surface area contributed by atoms with Gasteiger partial charge in [-0.2, -0.15) is 0 Å². The van der Waals surface area contributed by atoms with Gasteiger partial charge in [0.15, 0.2) is 11.5 Å². The van der Waals surface area contributed by atoms with E-state index < -0.39 is 5.97 Å². The van der Waals surface area contributed by atoms with Gasteiger partial charge in [-0.3, -0.25) is 0 Å². The smallest absolute Gasteiger partial charge is 0.335 e. The number of carbonyl (C=O) groups is 1. The van der Waals surface area contributed by atoms with Crippen LogP contribution in [0, 0.1) is 12.7 Å². The van der Waals surface area contributed by atoms with Gasteiger partial charge in [0.1, 0.15) is 12.4 Å². The van der Waals surface area contributed by atoms with E-state index in [1.807, 2.05) is 0 Å². The molecule has 0 aliphatic carbocycles. The molecule has 2 aromatic rings. The minimum Gasteiger partial charge on any atom is -0.493 e. The van der Waals surface area contributed by atoms with Gasteiger partial charge >= 0.3 is 5.97 Å². The molecular weight excluding hydrogens is 275 g/mol. The van der Waals surface area contributed by atoms with Crippen molar-refractivity contribution < 1.29 is 23.8 Å². The van der Waals surface area contributed by atoms with Crippen LogP contribution in [0.15, 0.2) is 36.4 Å². The second-order valence-corrected chi connectivity index (χ2v) is 4.53. The van der Waals surface area contributed by atoms with Crippen molar-refractivity contribution in [2.75, 3.05) is 7.11 Å². The maximum absolute atomic E-state index is 13.0. The number of carboxylic acids is 1. The normalized spacial score (nSPS) is 10.2. The lowest BCUT2D eigenvalue weighted by Gasteiger charge is -2.12. The highest BCUT2D eigenvalue weighted by Crippen LogP contribution is 2.29. The maximum atomic E-state index is 13.0. The highest BCUT2D eigenvalue weighted by molar-refractivity contribution is 5.88. The molecule has 0 aromatic heterocycles. The number of hydrogen-bond acceptors (Lipinski definition) is 3. The van der Waals surface area contributed by atoms with Crippen LogP contribution in [0.3, 0.4) is 0 Å². The first-order valence-electron chi connectivity index (χ1n) is 6.30. The molecule has 0 spiro atoms. The molecule has 4 nitrogen and oxygen atoms in total. The minimum atomic E-state index is -1.03. The molecule has 0 fully saturated rings. The summed E-state index contributed by atoms with van der Waals surface area (Å²) >= 11 is 0. The third-order valence-electron chi connectivity index (χ3n) is 3.10. The number of carboxylic acid groups (broad SMARTS) is 1. The molecule has 0 atom stereocenters. The van der Waals surface area contributed by atoms with Crippen molar-refractivity contribution in [1.82, 2.24) is 0 Å². The van der Waals surface area contributed by atoms with Gasteiger partial charge in [0, 0.05) is 0 Å². The van der Waals surface area contributed by atoms with Gasteiger partial charge in [-0.15, -0.1) is 0 Å². The first-order valence-corrected chi connectivity index (χ1v) is 6.30. The zero-order valence-corrected chi connectivity index (χ0v) is 11.7. The maximum Gasteiger partial charge on any atom is 0.335 e. The van der Waals surface area contributed by atoms with E-state index in [-0.39, 0.29) is 18.0 Å². The Bertz CT molecular complexity index is 667. The molecule has 0 heterocycles. The number of halogens is 1. The quantitative estimate of drug-likeness (QED) is 0.916. The van der Waals surface area contributed by atoms with E-state index in [2.05, 4.69) is 0 Å². The Labute approximate surface area is 121 Å². The van der Waals surface area contributed by atoms with Gasteiger partial charge < -0.3 is 14.6 Å². The molecule has 0 bridgehead atoms. The molecule has 0 radical (unpaired) electrons. The molecule has 0 saturated heterocycles. The van der Waals surface area contributed by atoms with E-state index >= 15 is 0 Å². The lowest BCUT2D eigenvalue weighted by atomic mass is 10.1. The minimum absolute atomic E-state index is 0.122. The number of ether oxygens (including phenoxy) is 2. The van der Waals surface area contributed by atoms with Crippen molar-refractivity contribution >= 4 is 5.97 Å². The number of aromatic carboxylic acids is 1. The Morgan fingerprint density at radius 1 is 1.19 bits per heavy atom. The Balaban J connectivity index is 2.17. The van der Waals surface area contributed by atoms with Gasteiger partial charge in [-0.05, 0) is 48.4 Å². The number of benzene rings is 2. The molecule has 1 N–H and O–H groups in total. The number of rotatable bonds is 5. The Morgan fingerprint density at radius 2 is 1.95 bits per heavy atom. The van der Waals surface area contributed by atoms with Crippen LogP contribution in [0.5, 0.6) is 11.5 Å². The van der Waals surface area contributed by atoms with Crippen molar-refractivity contribution in [2.45, 2.75) is 13.5 Å². The fourth-order valence-corrected chi connectivity index (χ4v) is 1.90. The molecule has 2 rings (SSSR count). The van der Waals surface area contributed by atoms with Gasteiger partial charge in [0.05, 0.1) is 12.7 Å². The summed E-state index contributed by atoms with van der Waals surface area (Å²) in [6, 6.07) is 8.84. The summed E-state index contributed by atoms with van der Waals surface area (Å²) in [7, 11) is 1.44. The Hall–Kier alpha value is -2.56. The molecule has 0 amide bonds. The van der Waals surface area contributed by atoms with Crippen molar-refractivity contribution in [3.63, 3.8) is 0 Å². The van der Waals surface area contributed by atoms with E-state index in [9.17, 15) is 9.18 Å². The van der Waals surface area contributed by atoms with Crippen LogP contribution in [0.2, 0.25) is 0 Å². The highest BCUT2D eigenvalue weighted by Gasteiger charge is 2.10. The van der Waals surface area contributed by atoms with E-state index in [0.717, 1.165) is 11.1 Å². The summed E-state index contributed by atoms with van der Waals surface area (Å²) in [5.74, 6) is -0.547. The molecule has 0 aliphatic rings. The van der Waals surface area contributed by atoms with E-state index in [1.165, 1.54) is 31.4 Å². The van der Waals surface area contributed by atoms with Crippen LogP contribution in [-0.2, 0) is 6.61 Å². The lowest BCUT2D eigenvalue weighted by Crippen LogP contribution is -2.02. The zero-order valence-electron chi connectivity index (χ0n) is 11.7. The van der Waals surface area contributed by atoms with Crippen LogP contribution < -0.4 is 9.47 Å². The first kappa shape index (κ1) is 14.8. The van der Waals surface area contributed by atoms with Gasteiger partial charge in [-0.1, -0.05) is 6.07 Å². The average Bonchev–Trinajstić information content (AvgIpc) is 2.46. The third-order valence-corrected chi connectivity index (χ3v) is 3.10. The molecular formula is C16H15FO4. The first-order chi connectivity index (χ1) is 10.0. The van der Waals surface area contributed by atoms with Crippen molar-refractivity contribution in [3.05, 3.63) is 58.9 Å². The fraction of sp³-hybridized carbons (Fsp3) is 0.188. The molecule has 5 heteroatoms. The number of methoxy groups -OCH3 is 1. The molecule has 21 heavy (non-hydrogen) atoms. The summed E-state index contributed by atoms with van der Waals surface area (Å²) in [5.41, 5.74) is 1.76. The summed E-state index contributed by atoms with van der Waals surface area (Å²) in [6.07, 6.45) is 0. The Morgan fingerprint density at radius 3 is 2.57 bits per heavy atom. The third kappa shape index (κ3) is 3.51. The van der Waals surface area contributed by atoms with Gasteiger partial charge in [0.2, 0.25) is 0 Å². The molecule has 0 aliphatic heterocycles. The average molecular weight is 290 g/mol. The van der Waals surface area contributed by atoms with Crippen LogP contribution in [0.25, 0.3) is 0 Å². The fourth-order valence-electron chi connectivity index (χ4n) is 1.90. The van der Waals surface area contributed by atoms with Crippen LogP contribution in [0.4, 0.5) is 4.39 Å². The second kappa shape index (κ2) is 6.26. The monoisotopic (exact) mass is 290 g/mol. The van der Waals surface area contributed by atoms with Crippen molar-refractivity contribution in [2.24, 2.45) is 0 Å². The van der Waals surface area contributed by atoms with Crippen LogP contribution >= 0.6 is 0 Å². The Kier molecular flexibility index (Phi) is 4.42. The molecule has 110 valence electrons. The second-order valence-electron chi connectivity index (χ2n) is 4.53. The molecule has 0 unspecified atom stereocenters. The standard InChI is InChI=1S/C16H15FO4/c1-10-7-13(17)5-3-12(10)9-21-14-6-4-11(16(18)19)8-15(14)20-2/h3-8H,9H2,1-2H3,(H,18,19). The van der Waals surface area contributed by atoms with E-state index in [4.69, 9.17) is 14.6 Å². The van der Waals surface area contributed by atoms with Gasteiger partial charge in [0.25, 0.3) is 0 Å². The zero-order chi connectivity index (χ0) is 15.4. The van der Waals surface area contributed by atoms with Crippen molar-refractivity contribution in [3.8, 4) is 11.5 Å². The highest BCUT2D eigenvalue weighted by atomic mass is 19.1.